The van der Waals surface area contributed by atoms with Crippen LogP contribution < -0.4 is 10.4 Å². The van der Waals surface area contributed by atoms with Crippen LogP contribution in [0.5, 0.6) is 0 Å². The Hall–Kier alpha value is -1.57. The highest BCUT2D eigenvalue weighted by Gasteiger charge is 2.22. The Morgan fingerprint density at radius 2 is 1.89 bits per heavy atom. The van der Waals surface area contributed by atoms with Crippen molar-refractivity contribution in [2.45, 2.75) is 32.7 Å². The number of aliphatic carboxylic acids is 1. The molecule has 0 saturated heterocycles. The second-order valence-corrected chi connectivity index (χ2v) is 4.35. The number of carbonyl (C=O) groups excluding carboxylic acids is 4. The van der Waals surface area contributed by atoms with E-state index in [2.05, 4.69) is 22.7 Å². The molecule has 0 rings (SSSR count). The number of ether oxygens (including phenoxy) is 1. The van der Waals surface area contributed by atoms with E-state index in [-0.39, 0.29) is 18.6 Å². The van der Waals surface area contributed by atoms with Crippen molar-refractivity contribution in [3.63, 3.8) is 0 Å². The fraction of sp³-hybridized carbons (Fsp3) is 0.636. The van der Waals surface area contributed by atoms with Gasteiger partial charge in [0.15, 0.2) is 0 Å². The Labute approximate surface area is 116 Å². The molecule has 7 nitrogen and oxygen atoms in total. The first-order chi connectivity index (χ1) is 8.77. The van der Waals surface area contributed by atoms with E-state index in [1.807, 2.05) is 0 Å². The lowest BCUT2D eigenvalue weighted by molar-refractivity contribution is -0.311. The molecule has 19 heavy (non-hydrogen) atoms. The van der Waals surface area contributed by atoms with Crippen molar-refractivity contribution >= 4 is 36.4 Å². The van der Waals surface area contributed by atoms with E-state index in [4.69, 9.17) is 0 Å². The Bertz CT molecular complexity index is 370. The Balaban J connectivity index is 4.20. The average molecular weight is 290 g/mol. The van der Waals surface area contributed by atoms with Crippen molar-refractivity contribution in [3.05, 3.63) is 0 Å². The number of amides is 1. The zero-order chi connectivity index (χ0) is 15.0. The highest BCUT2D eigenvalue weighted by atomic mass is 32.1. The van der Waals surface area contributed by atoms with Crippen LogP contribution in [0.15, 0.2) is 0 Å². The van der Waals surface area contributed by atoms with Crippen molar-refractivity contribution in [1.82, 2.24) is 5.32 Å². The number of hydrogen-bond acceptors (Lipinski definition) is 7. The zero-order valence-electron chi connectivity index (χ0n) is 10.7. The van der Waals surface area contributed by atoms with Crippen molar-refractivity contribution in [3.8, 4) is 0 Å². The monoisotopic (exact) mass is 290 g/mol. The van der Waals surface area contributed by atoms with Crippen LogP contribution in [0.2, 0.25) is 0 Å². The van der Waals surface area contributed by atoms with Gasteiger partial charge >= 0.3 is 11.9 Å². The molecule has 0 aliphatic carbocycles. The number of carboxylic acid groups (broad SMARTS) is 1. The van der Waals surface area contributed by atoms with Crippen LogP contribution in [0.1, 0.15) is 26.7 Å². The largest absolute Gasteiger partial charge is 0.550 e. The minimum Gasteiger partial charge on any atom is -0.550 e. The van der Waals surface area contributed by atoms with Crippen molar-refractivity contribution in [2.24, 2.45) is 5.92 Å². The summed E-state index contributed by atoms with van der Waals surface area (Å²) < 4.78 is 4.48. The Morgan fingerprint density at radius 3 is 2.32 bits per heavy atom. The zero-order valence-corrected chi connectivity index (χ0v) is 11.6. The fourth-order valence-corrected chi connectivity index (χ4v) is 1.35. The number of esters is 2. The molecule has 0 bridgehead atoms. The van der Waals surface area contributed by atoms with Crippen LogP contribution in [0.4, 0.5) is 0 Å². The topological polar surface area (TPSA) is 113 Å². The molecule has 0 spiro atoms. The average Bonchev–Trinajstić information content (AvgIpc) is 2.32. The van der Waals surface area contributed by atoms with Gasteiger partial charge in [0.1, 0.15) is 6.04 Å². The van der Waals surface area contributed by atoms with Crippen LogP contribution >= 0.6 is 12.6 Å². The number of thiol groups is 1. The number of hydrogen-bond donors (Lipinski definition) is 2. The van der Waals surface area contributed by atoms with Crippen LogP contribution in [-0.2, 0) is 23.9 Å². The van der Waals surface area contributed by atoms with Gasteiger partial charge in [-0.3, -0.25) is 9.59 Å². The molecule has 0 heterocycles. The predicted octanol–water partition coefficient (Wildman–Crippen LogP) is -1.34. The van der Waals surface area contributed by atoms with Crippen molar-refractivity contribution < 1.29 is 29.0 Å². The molecule has 0 aromatic heterocycles. The first-order valence-corrected chi connectivity index (χ1v) is 6.24. The minimum absolute atomic E-state index is 0.0128. The number of carbonyl (C=O) groups is 4. The summed E-state index contributed by atoms with van der Waals surface area (Å²) >= 11 is 3.85. The third kappa shape index (κ3) is 7.45. The van der Waals surface area contributed by atoms with E-state index in [1.165, 1.54) is 13.8 Å². The summed E-state index contributed by atoms with van der Waals surface area (Å²) in [6, 6.07) is -1.01. The molecule has 1 N–H and O–H groups in total. The third-order valence-electron chi connectivity index (χ3n) is 2.24. The molecule has 0 fully saturated rings. The quantitative estimate of drug-likeness (QED) is 0.341. The van der Waals surface area contributed by atoms with E-state index >= 15 is 0 Å². The van der Waals surface area contributed by atoms with Gasteiger partial charge in [0, 0.05) is 25.1 Å². The lowest BCUT2D eigenvalue weighted by Gasteiger charge is -2.14. The number of carboxylic acids is 1. The Kier molecular flexibility index (Phi) is 7.81. The highest BCUT2D eigenvalue weighted by Crippen LogP contribution is 2.06. The second kappa shape index (κ2) is 8.52. The van der Waals surface area contributed by atoms with Gasteiger partial charge in [-0.15, -0.1) is 0 Å². The first kappa shape index (κ1) is 17.4. The molecule has 0 aliphatic rings. The van der Waals surface area contributed by atoms with Gasteiger partial charge < -0.3 is 20.0 Å². The van der Waals surface area contributed by atoms with E-state index < -0.39 is 35.8 Å². The smallest absolute Gasteiger partial charge is 0.337 e. The summed E-state index contributed by atoms with van der Waals surface area (Å²) in [7, 11) is 0. The molecule has 1 amide bonds. The summed E-state index contributed by atoms with van der Waals surface area (Å²) in [6.07, 6.45) is -0.208. The van der Waals surface area contributed by atoms with Crippen molar-refractivity contribution in [2.75, 3.05) is 5.75 Å². The van der Waals surface area contributed by atoms with E-state index in [1.54, 1.807) is 0 Å². The standard InChI is InChI=1S/C11H17NO6S/c1-6(10(15)16)3-4-9(14)18-11(17)8(5-19)12-7(2)13/h6,8,19H,3-5H2,1-2H3,(H,12,13)(H,15,16)/p-1. The molecule has 0 aromatic rings. The SMILES string of the molecule is CC(=O)NC(CS)C(=O)OC(=O)CCC(C)C(=O)[O-]. The maximum absolute atomic E-state index is 11.5. The molecule has 0 saturated carbocycles. The molecule has 0 radical (unpaired) electrons. The fourth-order valence-electron chi connectivity index (χ4n) is 1.11. The summed E-state index contributed by atoms with van der Waals surface area (Å²) in [5, 5.41) is 12.7. The number of rotatable bonds is 7. The molecule has 2 atom stereocenters. The molecule has 0 aromatic carbocycles. The lowest BCUT2D eigenvalue weighted by Crippen LogP contribution is -2.42. The van der Waals surface area contributed by atoms with Gasteiger partial charge in [0.2, 0.25) is 5.91 Å². The van der Waals surface area contributed by atoms with Crippen LogP contribution in [0.25, 0.3) is 0 Å². The third-order valence-corrected chi connectivity index (χ3v) is 2.61. The van der Waals surface area contributed by atoms with Gasteiger partial charge in [-0.25, -0.2) is 4.79 Å². The van der Waals surface area contributed by atoms with E-state index in [9.17, 15) is 24.3 Å². The van der Waals surface area contributed by atoms with Crippen molar-refractivity contribution in [1.29, 1.82) is 0 Å². The maximum atomic E-state index is 11.5. The van der Waals surface area contributed by atoms with Crippen LogP contribution in [0, 0.1) is 5.92 Å². The normalized spacial score (nSPS) is 13.2. The summed E-state index contributed by atoms with van der Waals surface area (Å²) in [5.41, 5.74) is 0. The summed E-state index contributed by atoms with van der Waals surface area (Å²) in [6.45, 7) is 2.60. The summed E-state index contributed by atoms with van der Waals surface area (Å²) in [5.74, 6) is -4.31. The molecule has 0 aliphatic heterocycles. The molecule has 8 heteroatoms. The molecular weight excluding hydrogens is 274 g/mol. The van der Waals surface area contributed by atoms with Gasteiger partial charge in [-0.05, 0) is 12.3 Å². The minimum atomic E-state index is -1.27. The number of nitrogens with one attached hydrogen (secondary N) is 1. The first-order valence-electron chi connectivity index (χ1n) is 5.61. The van der Waals surface area contributed by atoms with Crippen LogP contribution in [-0.4, -0.2) is 35.6 Å². The maximum Gasteiger partial charge on any atom is 0.337 e. The predicted molar refractivity (Wildman–Crippen MR) is 66.0 cm³/mol. The van der Waals surface area contributed by atoms with Gasteiger partial charge in [0.25, 0.3) is 0 Å². The lowest BCUT2D eigenvalue weighted by atomic mass is 10.1. The highest BCUT2D eigenvalue weighted by molar-refractivity contribution is 7.80. The van der Waals surface area contributed by atoms with E-state index in [0.717, 1.165) is 0 Å². The van der Waals surface area contributed by atoms with Gasteiger partial charge in [-0.1, -0.05) is 6.92 Å². The molecule has 108 valence electrons. The van der Waals surface area contributed by atoms with Crippen LogP contribution in [0.3, 0.4) is 0 Å². The summed E-state index contributed by atoms with van der Waals surface area (Å²) in [4.78, 5) is 44.0. The molecule has 2 unspecified atom stereocenters. The van der Waals surface area contributed by atoms with Gasteiger partial charge in [-0.2, -0.15) is 12.6 Å². The van der Waals surface area contributed by atoms with E-state index in [0.29, 0.717) is 0 Å². The Morgan fingerprint density at radius 1 is 1.32 bits per heavy atom. The van der Waals surface area contributed by atoms with Gasteiger partial charge in [0.05, 0.1) is 0 Å². The second-order valence-electron chi connectivity index (χ2n) is 3.99. The molecular formula is C11H16NO6S-.